The highest BCUT2D eigenvalue weighted by Gasteiger charge is 2.08. The summed E-state index contributed by atoms with van der Waals surface area (Å²) in [6.45, 7) is 2.66. The van der Waals surface area contributed by atoms with E-state index in [-0.39, 0.29) is 10.8 Å². The van der Waals surface area contributed by atoms with Crippen LogP contribution in [0.2, 0.25) is 5.02 Å². The largest absolute Gasteiger partial charge is 0.385 e. The average Bonchev–Trinajstić information content (AvgIpc) is 2.18. The highest BCUT2D eigenvalue weighted by molar-refractivity contribution is 6.30. The van der Waals surface area contributed by atoms with Gasteiger partial charge in [0.15, 0.2) is 0 Å². The first-order chi connectivity index (χ1) is 6.65. The molecular weight excluding hydrogens is 203 g/mol. The maximum absolute atomic E-state index is 12.8. The second-order valence-corrected chi connectivity index (χ2v) is 3.56. The smallest absolute Gasteiger partial charge is 0.141 e. The molecule has 0 aliphatic rings. The molecule has 0 N–H and O–H groups in total. The molecular formula is C11H13ClFO. The number of benzene rings is 1. The van der Waals surface area contributed by atoms with Gasteiger partial charge in [0.05, 0.1) is 5.02 Å². The number of hydrogen-bond donors (Lipinski definition) is 0. The van der Waals surface area contributed by atoms with E-state index in [2.05, 4.69) is 0 Å². The molecule has 0 fully saturated rings. The van der Waals surface area contributed by atoms with E-state index in [0.717, 1.165) is 17.9 Å². The average molecular weight is 216 g/mol. The highest BCUT2D eigenvalue weighted by Crippen LogP contribution is 2.23. The highest BCUT2D eigenvalue weighted by atomic mass is 35.5. The van der Waals surface area contributed by atoms with Gasteiger partial charge in [-0.15, -0.1) is 0 Å². The minimum absolute atomic E-state index is 0.166. The van der Waals surface area contributed by atoms with Crippen molar-refractivity contribution in [2.45, 2.75) is 13.3 Å². The van der Waals surface area contributed by atoms with Gasteiger partial charge in [-0.25, -0.2) is 4.39 Å². The van der Waals surface area contributed by atoms with Crippen LogP contribution in [0, 0.1) is 11.7 Å². The van der Waals surface area contributed by atoms with E-state index in [1.807, 2.05) is 6.92 Å². The Labute approximate surface area is 88.8 Å². The number of hydrogen-bond acceptors (Lipinski definition) is 1. The summed E-state index contributed by atoms with van der Waals surface area (Å²) in [4.78, 5) is 0. The molecule has 0 saturated carbocycles. The minimum Gasteiger partial charge on any atom is -0.385 e. The summed E-state index contributed by atoms with van der Waals surface area (Å²) in [7, 11) is 1.66. The van der Waals surface area contributed by atoms with Crippen LogP contribution in [0.3, 0.4) is 0 Å². The van der Waals surface area contributed by atoms with Crippen LogP contribution in [0.5, 0.6) is 0 Å². The third-order valence-electron chi connectivity index (χ3n) is 2.09. The van der Waals surface area contributed by atoms with Gasteiger partial charge in [-0.05, 0) is 24.1 Å². The number of methoxy groups -OCH3 is 1. The molecule has 77 valence electrons. The first-order valence-electron chi connectivity index (χ1n) is 4.42. The van der Waals surface area contributed by atoms with Crippen molar-refractivity contribution in [2.75, 3.05) is 13.7 Å². The quantitative estimate of drug-likeness (QED) is 0.748. The van der Waals surface area contributed by atoms with E-state index < -0.39 is 0 Å². The molecule has 0 atom stereocenters. The van der Waals surface area contributed by atoms with Gasteiger partial charge in [-0.3, -0.25) is 0 Å². The Kier molecular flexibility index (Phi) is 4.36. The topological polar surface area (TPSA) is 9.23 Å². The summed E-state index contributed by atoms with van der Waals surface area (Å²) in [5, 5.41) is 0.166. The lowest BCUT2D eigenvalue weighted by Crippen LogP contribution is -2.00. The van der Waals surface area contributed by atoms with Gasteiger partial charge in [0.2, 0.25) is 0 Å². The van der Waals surface area contributed by atoms with Crippen LogP contribution in [-0.4, -0.2) is 13.7 Å². The Balaban J connectivity index is 2.70. The van der Waals surface area contributed by atoms with Gasteiger partial charge in [0, 0.05) is 19.6 Å². The molecule has 14 heavy (non-hydrogen) atoms. The van der Waals surface area contributed by atoms with E-state index in [1.54, 1.807) is 19.2 Å². The van der Waals surface area contributed by atoms with Crippen molar-refractivity contribution in [3.8, 4) is 0 Å². The third-order valence-corrected chi connectivity index (χ3v) is 2.38. The van der Waals surface area contributed by atoms with Gasteiger partial charge < -0.3 is 4.74 Å². The molecule has 1 aromatic rings. The van der Waals surface area contributed by atoms with Crippen LogP contribution >= 0.6 is 11.6 Å². The number of ether oxygens (including phenoxy) is 1. The molecule has 0 unspecified atom stereocenters. The third kappa shape index (κ3) is 2.96. The monoisotopic (exact) mass is 215 g/mol. The van der Waals surface area contributed by atoms with Crippen molar-refractivity contribution >= 4 is 11.6 Å². The summed E-state index contributed by atoms with van der Waals surface area (Å²) in [5.74, 6) is 0.767. The van der Waals surface area contributed by atoms with Crippen molar-refractivity contribution in [3.63, 3.8) is 0 Å². The molecule has 1 aromatic carbocycles. The SMILES string of the molecule is COCC[C](C)c1ccc(F)c(Cl)c1. The zero-order chi connectivity index (χ0) is 10.6. The molecule has 0 aliphatic carbocycles. The van der Waals surface area contributed by atoms with Crippen LogP contribution < -0.4 is 0 Å². The summed E-state index contributed by atoms with van der Waals surface area (Å²) in [6, 6.07) is 4.75. The van der Waals surface area contributed by atoms with Crippen molar-refractivity contribution in [1.29, 1.82) is 0 Å². The zero-order valence-corrected chi connectivity index (χ0v) is 9.07. The summed E-state index contributed by atoms with van der Waals surface area (Å²) < 4.78 is 17.8. The van der Waals surface area contributed by atoms with Crippen LogP contribution in [0.4, 0.5) is 4.39 Å². The van der Waals surface area contributed by atoms with Gasteiger partial charge >= 0.3 is 0 Å². The molecule has 3 heteroatoms. The first-order valence-corrected chi connectivity index (χ1v) is 4.79. The van der Waals surface area contributed by atoms with Gasteiger partial charge in [0.1, 0.15) is 5.82 Å². The molecule has 0 aliphatic heterocycles. The Bertz CT molecular complexity index is 301. The van der Waals surface area contributed by atoms with Crippen LogP contribution in [0.15, 0.2) is 18.2 Å². The van der Waals surface area contributed by atoms with Crippen molar-refractivity contribution in [2.24, 2.45) is 0 Å². The molecule has 0 spiro atoms. The Morgan fingerprint density at radius 1 is 1.50 bits per heavy atom. The second-order valence-electron chi connectivity index (χ2n) is 3.15. The van der Waals surface area contributed by atoms with Crippen molar-refractivity contribution < 1.29 is 9.13 Å². The maximum atomic E-state index is 12.8. The second kappa shape index (κ2) is 5.32. The first kappa shape index (κ1) is 11.5. The van der Waals surface area contributed by atoms with E-state index in [0.29, 0.717) is 6.61 Å². The molecule has 0 aromatic heterocycles. The van der Waals surface area contributed by atoms with Gasteiger partial charge in [0.25, 0.3) is 0 Å². The standard InChI is InChI=1S/C11H13ClFO/c1-8(5-6-14-2)9-3-4-11(13)10(12)7-9/h3-4,7H,5-6H2,1-2H3. The predicted octanol–water partition coefficient (Wildman–Crippen LogP) is 3.46. The molecule has 0 saturated heterocycles. The summed E-state index contributed by atoms with van der Waals surface area (Å²) >= 11 is 5.67. The molecule has 0 bridgehead atoms. The summed E-state index contributed by atoms with van der Waals surface area (Å²) in [6.07, 6.45) is 0.832. The van der Waals surface area contributed by atoms with E-state index in [1.165, 1.54) is 6.07 Å². The van der Waals surface area contributed by atoms with Crippen molar-refractivity contribution in [1.82, 2.24) is 0 Å². The molecule has 0 heterocycles. The molecule has 1 nitrogen and oxygen atoms in total. The van der Waals surface area contributed by atoms with E-state index >= 15 is 0 Å². The molecule has 1 radical (unpaired) electrons. The fourth-order valence-corrected chi connectivity index (χ4v) is 1.34. The minimum atomic E-state index is -0.380. The van der Waals surface area contributed by atoms with E-state index in [4.69, 9.17) is 16.3 Å². The fraction of sp³-hybridized carbons (Fsp3) is 0.364. The van der Waals surface area contributed by atoms with Crippen LogP contribution in [0.1, 0.15) is 18.9 Å². The Morgan fingerprint density at radius 2 is 2.21 bits per heavy atom. The number of halogens is 2. The fourth-order valence-electron chi connectivity index (χ4n) is 1.16. The van der Waals surface area contributed by atoms with Crippen LogP contribution in [0.25, 0.3) is 0 Å². The zero-order valence-electron chi connectivity index (χ0n) is 8.31. The Hall–Kier alpha value is -0.600. The summed E-state index contributed by atoms with van der Waals surface area (Å²) in [5.41, 5.74) is 0.966. The van der Waals surface area contributed by atoms with Gasteiger partial charge in [-0.1, -0.05) is 24.6 Å². The van der Waals surface area contributed by atoms with Crippen LogP contribution in [-0.2, 0) is 4.74 Å². The molecule has 0 amide bonds. The maximum Gasteiger partial charge on any atom is 0.141 e. The van der Waals surface area contributed by atoms with Crippen molar-refractivity contribution in [3.05, 3.63) is 40.5 Å². The van der Waals surface area contributed by atoms with E-state index in [9.17, 15) is 4.39 Å². The lowest BCUT2D eigenvalue weighted by molar-refractivity contribution is 0.199. The lowest BCUT2D eigenvalue weighted by Gasteiger charge is -2.10. The predicted molar refractivity (Wildman–Crippen MR) is 55.9 cm³/mol. The lowest BCUT2D eigenvalue weighted by atomic mass is 9.98. The normalized spacial score (nSPS) is 10.9. The Morgan fingerprint density at radius 3 is 2.79 bits per heavy atom. The van der Waals surface area contributed by atoms with Gasteiger partial charge in [-0.2, -0.15) is 0 Å². The molecule has 1 rings (SSSR count). The number of rotatable bonds is 4.